The van der Waals surface area contributed by atoms with Gasteiger partial charge in [0.1, 0.15) is 5.75 Å². The maximum Gasteiger partial charge on any atom is 0.131 e. The number of hydrogen-bond donors (Lipinski definition) is 1. The Bertz CT molecular complexity index is 940. The number of aromatic hydroxyl groups is 1. The maximum absolute atomic E-state index is 10.8. The van der Waals surface area contributed by atoms with E-state index in [-0.39, 0.29) is 0 Å². The van der Waals surface area contributed by atoms with E-state index in [9.17, 15) is 5.11 Å². The van der Waals surface area contributed by atoms with Gasteiger partial charge in [-0.15, -0.1) is 0 Å². The second-order valence-electron chi connectivity index (χ2n) is 5.21. The van der Waals surface area contributed by atoms with Crippen molar-refractivity contribution in [3.05, 3.63) is 78.9 Å². The summed E-state index contributed by atoms with van der Waals surface area (Å²) in [6, 6.07) is 26.4. The first-order valence-electron chi connectivity index (χ1n) is 7.03. The Balaban J connectivity index is 2.13. The molecule has 0 saturated carbocycles. The van der Waals surface area contributed by atoms with Crippen LogP contribution in [0.1, 0.15) is 0 Å². The van der Waals surface area contributed by atoms with Gasteiger partial charge in [0.2, 0.25) is 0 Å². The molecular weight excluding hydrogens is 256 g/mol. The number of rotatable bonds is 1. The Hall–Kier alpha value is -2.80. The third kappa shape index (κ3) is 1.86. The molecule has 0 aliphatic heterocycles. The van der Waals surface area contributed by atoms with Crippen LogP contribution in [0.15, 0.2) is 78.9 Å². The molecule has 0 saturated heterocycles. The minimum absolute atomic E-state index is 0.357. The molecule has 0 atom stereocenters. The van der Waals surface area contributed by atoms with Crippen LogP contribution in [-0.4, -0.2) is 5.11 Å². The van der Waals surface area contributed by atoms with Crippen LogP contribution in [0, 0.1) is 0 Å². The quantitative estimate of drug-likeness (QED) is 0.461. The SMILES string of the molecule is Oc1c(-c2ccccc2)ccc2ccc3ccccc3c12. The van der Waals surface area contributed by atoms with Crippen LogP contribution in [0.2, 0.25) is 0 Å². The summed E-state index contributed by atoms with van der Waals surface area (Å²) in [6.45, 7) is 0. The summed E-state index contributed by atoms with van der Waals surface area (Å²) >= 11 is 0. The summed E-state index contributed by atoms with van der Waals surface area (Å²) in [7, 11) is 0. The largest absolute Gasteiger partial charge is 0.507 e. The van der Waals surface area contributed by atoms with Crippen LogP contribution in [0.25, 0.3) is 32.7 Å². The molecule has 0 unspecified atom stereocenters. The highest BCUT2D eigenvalue weighted by molar-refractivity contribution is 6.12. The summed E-state index contributed by atoms with van der Waals surface area (Å²) in [4.78, 5) is 0. The van der Waals surface area contributed by atoms with Crippen LogP contribution in [0.5, 0.6) is 5.75 Å². The summed E-state index contributed by atoms with van der Waals surface area (Å²) in [5.41, 5.74) is 1.91. The van der Waals surface area contributed by atoms with Crippen molar-refractivity contribution < 1.29 is 5.11 Å². The van der Waals surface area contributed by atoms with Crippen LogP contribution >= 0.6 is 0 Å². The number of phenols is 1. The molecule has 0 fully saturated rings. The fraction of sp³-hybridized carbons (Fsp3) is 0. The lowest BCUT2D eigenvalue weighted by molar-refractivity contribution is 0.484. The van der Waals surface area contributed by atoms with Gasteiger partial charge in [0.25, 0.3) is 0 Å². The van der Waals surface area contributed by atoms with Crippen molar-refractivity contribution in [3.8, 4) is 16.9 Å². The Morgan fingerprint density at radius 3 is 2.10 bits per heavy atom. The fourth-order valence-corrected chi connectivity index (χ4v) is 2.93. The molecule has 0 bridgehead atoms. The van der Waals surface area contributed by atoms with Gasteiger partial charge in [0, 0.05) is 10.9 Å². The van der Waals surface area contributed by atoms with E-state index in [1.165, 1.54) is 0 Å². The van der Waals surface area contributed by atoms with E-state index in [2.05, 4.69) is 30.3 Å². The number of hydrogen-bond acceptors (Lipinski definition) is 1. The van der Waals surface area contributed by atoms with E-state index in [1.807, 2.05) is 48.5 Å². The molecule has 0 aliphatic carbocycles. The minimum Gasteiger partial charge on any atom is -0.507 e. The van der Waals surface area contributed by atoms with Gasteiger partial charge in [-0.1, -0.05) is 78.9 Å². The summed E-state index contributed by atoms with van der Waals surface area (Å²) < 4.78 is 0. The fourth-order valence-electron chi connectivity index (χ4n) is 2.93. The van der Waals surface area contributed by atoms with Gasteiger partial charge in [-0.3, -0.25) is 0 Å². The molecule has 0 amide bonds. The lowest BCUT2D eigenvalue weighted by atomic mass is 9.96. The average Bonchev–Trinajstić information content (AvgIpc) is 2.55. The molecule has 0 heterocycles. The zero-order valence-electron chi connectivity index (χ0n) is 11.5. The smallest absolute Gasteiger partial charge is 0.131 e. The van der Waals surface area contributed by atoms with Crippen molar-refractivity contribution in [3.63, 3.8) is 0 Å². The van der Waals surface area contributed by atoms with Crippen molar-refractivity contribution in [2.75, 3.05) is 0 Å². The van der Waals surface area contributed by atoms with Gasteiger partial charge < -0.3 is 5.11 Å². The van der Waals surface area contributed by atoms with Crippen molar-refractivity contribution >= 4 is 21.5 Å². The highest BCUT2D eigenvalue weighted by Crippen LogP contribution is 2.39. The second kappa shape index (κ2) is 4.64. The molecule has 0 aliphatic rings. The molecule has 0 spiro atoms. The Morgan fingerprint density at radius 2 is 1.24 bits per heavy atom. The van der Waals surface area contributed by atoms with Crippen LogP contribution in [0.4, 0.5) is 0 Å². The topological polar surface area (TPSA) is 20.2 Å². The second-order valence-corrected chi connectivity index (χ2v) is 5.21. The van der Waals surface area contributed by atoms with E-state index in [1.54, 1.807) is 0 Å². The number of benzene rings is 4. The molecule has 21 heavy (non-hydrogen) atoms. The zero-order valence-corrected chi connectivity index (χ0v) is 11.5. The standard InChI is InChI=1S/C20H14O/c21-20-18(14-6-2-1-3-7-14)13-12-16-11-10-15-8-4-5-9-17(15)19(16)20/h1-13,21H. The first kappa shape index (κ1) is 12.0. The first-order valence-corrected chi connectivity index (χ1v) is 7.03. The zero-order chi connectivity index (χ0) is 14.2. The van der Waals surface area contributed by atoms with E-state index in [0.29, 0.717) is 5.75 Å². The van der Waals surface area contributed by atoms with Gasteiger partial charge in [0.05, 0.1) is 0 Å². The van der Waals surface area contributed by atoms with Crippen LogP contribution < -0.4 is 0 Å². The van der Waals surface area contributed by atoms with E-state index in [4.69, 9.17) is 0 Å². The Kier molecular flexibility index (Phi) is 2.65. The van der Waals surface area contributed by atoms with Gasteiger partial charge in [-0.05, 0) is 21.7 Å². The van der Waals surface area contributed by atoms with Gasteiger partial charge >= 0.3 is 0 Å². The van der Waals surface area contributed by atoms with Gasteiger partial charge in [-0.2, -0.15) is 0 Å². The molecule has 1 nitrogen and oxygen atoms in total. The Labute approximate surface area is 123 Å². The lowest BCUT2D eigenvalue weighted by Gasteiger charge is -2.11. The summed E-state index contributed by atoms with van der Waals surface area (Å²) in [5, 5.41) is 15.0. The predicted octanol–water partition coefficient (Wildman–Crippen LogP) is 5.37. The first-order chi connectivity index (χ1) is 10.3. The molecule has 4 rings (SSSR count). The van der Waals surface area contributed by atoms with Gasteiger partial charge in [-0.25, -0.2) is 0 Å². The maximum atomic E-state index is 10.8. The lowest BCUT2D eigenvalue weighted by Crippen LogP contribution is -1.83. The molecule has 1 heteroatoms. The molecule has 100 valence electrons. The number of fused-ring (bicyclic) bond motifs is 3. The molecule has 4 aromatic rings. The summed E-state index contributed by atoms with van der Waals surface area (Å²) in [6.07, 6.45) is 0. The molecule has 0 aromatic heterocycles. The van der Waals surface area contributed by atoms with E-state index < -0.39 is 0 Å². The number of phenolic OH excluding ortho intramolecular Hbond substituents is 1. The predicted molar refractivity (Wildman–Crippen MR) is 88.6 cm³/mol. The highest BCUT2D eigenvalue weighted by Gasteiger charge is 2.10. The van der Waals surface area contributed by atoms with Crippen molar-refractivity contribution in [1.29, 1.82) is 0 Å². The van der Waals surface area contributed by atoms with Crippen LogP contribution in [0.3, 0.4) is 0 Å². The molecular formula is C20H14O. The van der Waals surface area contributed by atoms with Gasteiger partial charge in [0.15, 0.2) is 0 Å². The van der Waals surface area contributed by atoms with E-state index >= 15 is 0 Å². The van der Waals surface area contributed by atoms with Crippen LogP contribution in [-0.2, 0) is 0 Å². The molecule has 1 N–H and O–H groups in total. The normalized spacial score (nSPS) is 11.0. The van der Waals surface area contributed by atoms with Crippen molar-refractivity contribution in [2.45, 2.75) is 0 Å². The summed E-state index contributed by atoms with van der Waals surface area (Å²) in [5.74, 6) is 0.357. The molecule has 0 radical (unpaired) electrons. The Morgan fingerprint density at radius 1 is 0.571 bits per heavy atom. The average molecular weight is 270 g/mol. The third-order valence-corrected chi connectivity index (χ3v) is 3.97. The third-order valence-electron chi connectivity index (χ3n) is 3.97. The monoisotopic (exact) mass is 270 g/mol. The molecule has 4 aromatic carbocycles. The van der Waals surface area contributed by atoms with Crippen molar-refractivity contribution in [2.24, 2.45) is 0 Å². The van der Waals surface area contributed by atoms with E-state index in [0.717, 1.165) is 32.7 Å². The highest BCUT2D eigenvalue weighted by atomic mass is 16.3. The minimum atomic E-state index is 0.357. The van der Waals surface area contributed by atoms with Crippen molar-refractivity contribution in [1.82, 2.24) is 0 Å².